The lowest BCUT2D eigenvalue weighted by atomic mass is 9.90. The van der Waals surface area contributed by atoms with E-state index >= 15 is 0 Å². The molecule has 1 saturated heterocycles. The summed E-state index contributed by atoms with van der Waals surface area (Å²) in [5.74, 6) is 10.9. The maximum absolute atomic E-state index is 7.10. The van der Waals surface area contributed by atoms with Crippen molar-refractivity contribution in [3.8, 4) is 23.3 Å². The molecule has 2 aromatic carbocycles. The fourth-order valence-electron chi connectivity index (χ4n) is 4.54. The topological polar surface area (TPSA) is 30.9 Å². The Labute approximate surface area is 234 Å². The van der Waals surface area contributed by atoms with Crippen LogP contribution in [0.25, 0.3) is 0 Å². The van der Waals surface area contributed by atoms with Crippen molar-refractivity contribution in [1.82, 2.24) is 4.90 Å². The summed E-state index contributed by atoms with van der Waals surface area (Å²) in [5, 5.41) is 0. The Balaban J connectivity index is 1.63. The van der Waals surface area contributed by atoms with Crippen molar-refractivity contribution in [3.05, 3.63) is 59.7 Å². The van der Waals surface area contributed by atoms with Gasteiger partial charge in [0.05, 0.1) is 25.3 Å². The molecule has 0 N–H and O–H groups in total. The molecule has 2 aromatic rings. The summed E-state index contributed by atoms with van der Waals surface area (Å²) < 4.78 is 18.3. The Hall–Kier alpha value is -1.56. The molecule has 0 saturated carbocycles. The van der Waals surface area contributed by atoms with Crippen LogP contribution in [0.3, 0.4) is 0 Å². The van der Waals surface area contributed by atoms with Crippen molar-refractivity contribution in [2.75, 3.05) is 45.9 Å². The van der Waals surface area contributed by atoms with Crippen LogP contribution in [-0.2, 0) is 16.4 Å². The van der Waals surface area contributed by atoms with Gasteiger partial charge < -0.3 is 13.9 Å². The maximum Gasteiger partial charge on any atom is 0.185 e. The van der Waals surface area contributed by atoms with Crippen LogP contribution in [0.15, 0.2) is 48.5 Å². The first-order chi connectivity index (χ1) is 17.8. The van der Waals surface area contributed by atoms with Gasteiger partial charge >= 0.3 is 0 Å². The van der Waals surface area contributed by atoms with Gasteiger partial charge in [0.1, 0.15) is 5.60 Å². The predicted octanol–water partition coefficient (Wildman–Crippen LogP) is 6.90. The minimum atomic E-state index is -1.80. The maximum atomic E-state index is 7.10. The number of hydrogen-bond donors (Lipinski definition) is 0. The van der Waals surface area contributed by atoms with Gasteiger partial charge in [0.15, 0.2) is 19.8 Å². The number of methoxy groups -OCH3 is 2. The second-order valence-electron chi connectivity index (χ2n) is 10.4. The number of rotatable bonds is 12. The first-order valence-corrected chi connectivity index (χ1v) is 18.6. The smallest absolute Gasteiger partial charge is 0.185 e. The molecule has 4 nitrogen and oxygen atoms in total. The molecule has 0 amide bonds. The van der Waals surface area contributed by atoms with Crippen molar-refractivity contribution in [2.24, 2.45) is 0 Å². The van der Waals surface area contributed by atoms with E-state index in [1.165, 1.54) is 29.1 Å². The van der Waals surface area contributed by atoms with E-state index in [4.69, 9.17) is 13.9 Å². The van der Waals surface area contributed by atoms with Crippen LogP contribution >= 0.6 is 23.5 Å². The van der Waals surface area contributed by atoms with Crippen molar-refractivity contribution in [3.63, 3.8) is 0 Å². The zero-order chi connectivity index (χ0) is 26.7. The molecule has 0 radical (unpaired) electrons. The average Bonchev–Trinajstić information content (AvgIpc) is 2.91. The van der Waals surface area contributed by atoms with Crippen molar-refractivity contribution in [1.29, 1.82) is 0 Å². The van der Waals surface area contributed by atoms with E-state index in [-0.39, 0.29) is 5.60 Å². The molecule has 1 heterocycles. The molecule has 0 aliphatic carbocycles. The van der Waals surface area contributed by atoms with Gasteiger partial charge in [-0.25, -0.2) is 0 Å². The Morgan fingerprint density at radius 3 is 2.32 bits per heavy atom. The van der Waals surface area contributed by atoms with Crippen molar-refractivity contribution in [2.45, 2.75) is 55.5 Å². The van der Waals surface area contributed by atoms with Gasteiger partial charge in [-0.2, -0.15) is 0 Å². The number of thioether (sulfide) groups is 2. The summed E-state index contributed by atoms with van der Waals surface area (Å²) in [7, 11) is 3.67. The molecule has 202 valence electrons. The summed E-state index contributed by atoms with van der Waals surface area (Å²) in [6, 6.07) is 17.0. The molecule has 0 bridgehead atoms. The highest BCUT2D eigenvalue weighted by Crippen LogP contribution is 2.49. The highest BCUT2D eigenvalue weighted by Gasteiger charge is 2.45. The van der Waals surface area contributed by atoms with Crippen LogP contribution in [0.1, 0.15) is 30.4 Å². The second kappa shape index (κ2) is 14.6. The summed E-state index contributed by atoms with van der Waals surface area (Å²) in [4.78, 5) is 2.28. The second-order valence-corrected chi connectivity index (χ2v) is 17.6. The van der Waals surface area contributed by atoms with Crippen LogP contribution in [0.2, 0.25) is 19.6 Å². The van der Waals surface area contributed by atoms with Crippen LogP contribution in [0.5, 0.6) is 11.5 Å². The molecule has 1 aliphatic heterocycles. The molecule has 3 rings (SSSR count). The van der Waals surface area contributed by atoms with Gasteiger partial charge in [-0.1, -0.05) is 42.3 Å². The molecule has 1 atom stereocenters. The SMILES string of the molecule is COc1ccc(CCN(C)CC#CCCC(O[Si](C)(C)C)(c2ccccc2)C2SCCCS2)cc1OC. The largest absolute Gasteiger partial charge is 0.493 e. The molecular weight excluding hydrogens is 515 g/mol. The third kappa shape index (κ3) is 9.00. The average molecular weight is 558 g/mol. The molecule has 0 spiro atoms. The first-order valence-electron chi connectivity index (χ1n) is 13.1. The van der Waals surface area contributed by atoms with Crippen molar-refractivity contribution >= 4 is 31.8 Å². The monoisotopic (exact) mass is 557 g/mol. The molecule has 7 heteroatoms. The third-order valence-corrected chi connectivity index (χ3v) is 10.5. The van der Waals surface area contributed by atoms with E-state index in [2.05, 4.69) is 109 Å². The predicted molar refractivity (Wildman–Crippen MR) is 164 cm³/mol. The van der Waals surface area contributed by atoms with E-state index < -0.39 is 8.32 Å². The van der Waals surface area contributed by atoms with Gasteiger partial charge in [0.25, 0.3) is 0 Å². The number of likely N-dealkylation sites (N-methyl/N-ethyl adjacent to an activating group) is 1. The van der Waals surface area contributed by atoms with Crippen molar-refractivity contribution < 1.29 is 13.9 Å². The standard InChI is InChI=1S/C30H43NO3S2Si/c1-31(21-18-25-16-17-27(32-2)28(24-25)33-3)20-12-8-11-19-30(34-37(4,5)6,26-14-9-7-10-15-26)29-35-22-13-23-36-29/h7,9-10,14-17,24,29H,11,13,18-23H2,1-6H3. The number of nitrogens with zero attached hydrogens (tertiary/aromatic N) is 1. The summed E-state index contributed by atoms with van der Waals surface area (Å²) in [6.45, 7) is 8.62. The highest BCUT2D eigenvalue weighted by atomic mass is 32.2. The molecule has 0 aromatic heterocycles. The van der Waals surface area contributed by atoms with E-state index in [9.17, 15) is 0 Å². The van der Waals surface area contributed by atoms with Crippen LogP contribution in [-0.4, -0.2) is 63.7 Å². The molecule has 37 heavy (non-hydrogen) atoms. The van der Waals surface area contributed by atoms with Crippen LogP contribution in [0, 0.1) is 11.8 Å². The fraction of sp³-hybridized carbons (Fsp3) is 0.533. The lowest BCUT2D eigenvalue weighted by molar-refractivity contribution is 0.0671. The molecule has 1 unspecified atom stereocenters. The summed E-state index contributed by atoms with van der Waals surface area (Å²) >= 11 is 4.14. The lowest BCUT2D eigenvalue weighted by Crippen LogP contribution is -2.47. The van der Waals surface area contributed by atoms with Crippen LogP contribution < -0.4 is 9.47 Å². The zero-order valence-electron chi connectivity index (χ0n) is 23.3. The third-order valence-electron chi connectivity index (χ3n) is 6.28. The van der Waals surface area contributed by atoms with Gasteiger partial charge in [0.2, 0.25) is 0 Å². The minimum Gasteiger partial charge on any atom is -0.493 e. The quantitative estimate of drug-likeness (QED) is 0.208. The summed E-state index contributed by atoms with van der Waals surface area (Å²) in [5.41, 5.74) is 2.24. The minimum absolute atomic E-state index is 0.296. The first kappa shape index (κ1) is 30.0. The Morgan fingerprint density at radius 2 is 1.68 bits per heavy atom. The fourth-order valence-corrected chi connectivity index (χ4v) is 9.48. The molecule has 1 aliphatic rings. The van der Waals surface area contributed by atoms with E-state index in [0.29, 0.717) is 4.58 Å². The van der Waals surface area contributed by atoms with E-state index in [1.807, 2.05) is 6.07 Å². The lowest BCUT2D eigenvalue weighted by Gasteiger charge is -2.45. The van der Waals surface area contributed by atoms with E-state index in [0.717, 1.165) is 43.9 Å². The number of benzene rings is 2. The number of hydrogen-bond acceptors (Lipinski definition) is 6. The number of ether oxygens (including phenoxy) is 2. The summed E-state index contributed by atoms with van der Waals surface area (Å²) in [6.07, 6.45) is 3.98. The van der Waals surface area contributed by atoms with E-state index in [1.54, 1.807) is 14.2 Å². The van der Waals surface area contributed by atoms with Gasteiger partial charge in [-0.05, 0) is 80.7 Å². The van der Waals surface area contributed by atoms with Gasteiger partial charge in [-0.3, -0.25) is 4.90 Å². The van der Waals surface area contributed by atoms with Crippen LogP contribution in [0.4, 0.5) is 0 Å². The Kier molecular flexibility index (Phi) is 11.8. The Morgan fingerprint density at radius 1 is 0.973 bits per heavy atom. The normalized spacial score (nSPS) is 16.1. The van der Waals surface area contributed by atoms with Gasteiger partial charge in [-0.15, -0.1) is 29.4 Å². The highest BCUT2D eigenvalue weighted by molar-refractivity contribution is 8.17. The zero-order valence-corrected chi connectivity index (χ0v) is 26.0. The Bertz CT molecular complexity index is 1030. The van der Waals surface area contributed by atoms with Gasteiger partial charge in [0, 0.05) is 13.0 Å². The molecule has 1 fully saturated rings. The molecular formula is C30H43NO3S2Si.